The minimum atomic E-state index is -0.0112. The maximum atomic E-state index is 12.5. The van der Waals surface area contributed by atoms with E-state index in [1.807, 2.05) is 11.0 Å². The number of amides is 1. The average Bonchev–Trinajstić information content (AvgIpc) is 2.95. The number of carbonyl (C=O) groups excluding carboxylic acids is 1. The van der Waals surface area contributed by atoms with Crippen molar-refractivity contribution in [3.8, 4) is 6.07 Å². The zero-order valence-electron chi connectivity index (χ0n) is 10.7. The molecule has 3 heterocycles. The van der Waals surface area contributed by atoms with Gasteiger partial charge < -0.3 is 10.2 Å². The van der Waals surface area contributed by atoms with E-state index < -0.39 is 0 Å². The molecule has 0 radical (unpaired) electrons. The number of likely N-dealkylation sites (tertiary alicyclic amines) is 1. The van der Waals surface area contributed by atoms with Crippen LogP contribution in [0, 0.1) is 17.2 Å². The maximum Gasteiger partial charge on any atom is 0.272 e. The first-order valence-electron chi connectivity index (χ1n) is 6.67. The second-order valence-electron chi connectivity index (χ2n) is 5.17. The molecule has 2 fully saturated rings. The Morgan fingerprint density at radius 1 is 1.47 bits per heavy atom. The molecule has 0 spiro atoms. The smallest absolute Gasteiger partial charge is 0.272 e. The number of piperidine rings is 1. The van der Waals surface area contributed by atoms with Gasteiger partial charge in [0.25, 0.3) is 5.91 Å². The molecule has 98 valence electrons. The van der Waals surface area contributed by atoms with Crippen LogP contribution in [0.25, 0.3) is 0 Å². The van der Waals surface area contributed by atoms with Crippen molar-refractivity contribution < 1.29 is 4.79 Å². The Morgan fingerprint density at radius 2 is 2.37 bits per heavy atom. The first kappa shape index (κ1) is 12.1. The van der Waals surface area contributed by atoms with Gasteiger partial charge in [-0.05, 0) is 30.9 Å². The quantitative estimate of drug-likeness (QED) is 0.806. The molecule has 0 bridgehead atoms. The van der Waals surface area contributed by atoms with Crippen LogP contribution in [0.4, 0.5) is 0 Å². The van der Waals surface area contributed by atoms with Crippen LogP contribution >= 0.6 is 0 Å². The highest BCUT2D eigenvalue weighted by Gasteiger charge is 2.37. The molecule has 5 heteroatoms. The van der Waals surface area contributed by atoms with Gasteiger partial charge in [0, 0.05) is 31.9 Å². The van der Waals surface area contributed by atoms with Crippen LogP contribution in [-0.4, -0.2) is 41.5 Å². The van der Waals surface area contributed by atoms with Crippen LogP contribution in [0.1, 0.15) is 28.9 Å². The van der Waals surface area contributed by atoms with Gasteiger partial charge in [-0.15, -0.1) is 0 Å². The largest absolute Gasteiger partial charge is 0.333 e. The van der Waals surface area contributed by atoms with Crippen molar-refractivity contribution in [2.75, 3.05) is 19.6 Å². The van der Waals surface area contributed by atoms with E-state index in [4.69, 9.17) is 5.26 Å². The topological polar surface area (TPSA) is 69.0 Å². The van der Waals surface area contributed by atoms with Crippen molar-refractivity contribution in [2.45, 2.75) is 18.9 Å². The number of nitrogens with zero attached hydrogens (tertiary/aromatic N) is 3. The number of rotatable bonds is 1. The van der Waals surface area contributed by atoms with Gasteiger partial charge in [-0.2, -0.15) is 5.26 Å². The Labute approximate surface area is 112 Å². The van der Waals surface area contributed by atoms with Crippen molar-refractivity contribution in [3.05, 3.63) is 29.6 Å². The molecular formula is C14H16N4O. The fraction of sp³-hybridized carbons (Fsp3) is 0.500. The van der Waals surface area contributed by atoms with Gasteiger partial charge in [-0.1, -0.05) is 0 Å². The zero-order chi connectivity index (χ0) is 13.2. The molecule has 3 rings (SSSR count). The van der Waals surface area contributed by atoms with E-state index in [0.717, 1.165) is 26.1 Å². The van der Waals surface area contributed by atoms with E-state index in [2.05, 4.69) is 10.3 Å². The third kappa shape index (κ3) is 2.20. The van der Waals surface area contributed by atoms with Crippen molar-refractivity contribution in [3.63, 3.8) is 0 Å². The number of aromatic nitrogens is 1. The number of fused-ring (bicyclic) bond motifs is 1. The summed E-state index contributed by atoms with van der Waals surface area (Å²) in [5.41, 5.74) is 0.919. The van der Waals surface area contributed by atoms with Gasteiger partial charge >= 0.3 is 0 Å². The Morgan fingerprint density at radius 3 is 3.11 bits per heavy atom. The highest BCUT2D eigenvalue weighted by Crippen LogP contribution is 2.27. The van der Waals surface area contributed by atoms with Crippen molar-refractivity contribution in [1.29, 1.82) is 5.26 Å². The number of hydrogen-bond donors (Lipinski definition) is 1. The summed E-state index contributed by atoms with van der Waals surface area (Å²) in [5, 5.41) is 12.1. The summed E-state index contributed by atoms with van der Waals surface area (Å²) >= 11 is 0. The summed E-state index contributed by atoms with van der Waals surface area (Å²) < 4.78 is 0. The molecule has 1 aromatic heterocycles. The van der Waals surface area contributed by atoms with Gasteiger partial charge in [-0.3, -0.25) is 4.79 Å². The first-order valence-corrected chi connectivity index (χ1v) is 6.67. The minimum Gasteiger partial charge on any atom is -0.333 e. The Bertz CT molecular complexity index is 519. The molecule has 0 aromatic carbocycles. The molecule has 2 aliphatic heterocycles. The van der Waals surface area contributed by atoms with Crippen LogP contribution in [0.2, 0.25) is 0 Å². The molecule has 19 heavy (non-hydrogen) atoms. The molecule has 0 saturated carbocycles. The standard InChI is InChI=1S/C14H16N4O/c15-6-10-3-4-12(17-7-10)14(19)18-5-1-2-11-8-16-9-13(11)18/h3-4,7,11,13,16H,1-2,5,8-9H2. The van der Waals surface area contributed by atoms with E-state index in [9.17, 15) is 4.79 Å². The van der Waals surface area contributed by atoms with Gasteiger partial charge in [0.1, 0.15) is 11.8 Å². The van der Waals surface area contributed by atoms with Crippen molar-refractivity contribution in [2.24, 2.45) is 5.92 Å². The van der Waals surface area contributed by atoms with Gasteiger partial charge in [0.05, 0.1) is 5.56 Å². The summed E-state index contributed by atoms with van der Waals surface area (Å²) in [4.78, 5) is 18.5. The molecule has 2 atom stereocenters. The highest BCUT2D eigenvalue weighted by molar-refractivity contribution is 5.92. The number of nitrogens with one attached hydrogen (secondary N) is 1. The monoisotopic (exact) mass is 256 g/mol. The molecular weight excluding hydrogens is 240 g/mol. The second-order valence-corrected chi connectivity index (χ2v) is 5.17. The molecule has 1 N–H and O–H groups in total. The second kappa shape index (κ2) is 4.98. The lowest BCUT2D eigenvalue weighted by atomic mass is 9.92. The summed E-state index contributed by atoms with van der Waals surface area (Å²) in [6.07, 6.45) is 3.72. The van der Waals surface area contributed by atoms with E-state index in [1.165, 1.54) is 12.6 Å². The summed E-state index contributed by atoms with van der Waals surface area (Å²) in [5.74, 6) is 0.568. The number of nitriles is 1. The average molecular weight is 256 g/mol. The van der Waals surface area contributed by atoms with E-state index in [-0.39, 0.29) is 5.91 Å². The predicted octanol–water partition coefficient (Wildman–Crippen LogP) is 0.777. The van der Waals surface area contributed by atoms with Crippen LogP contribution in [0.5, 0.6) is 0 Å². The Hall–Kier alpha value is -1.93. The van der Waals surface area contributed by atoms with E-state index >= 15 is 0 Å². The van der Waals surface area contributed by atoms with Crippen LogP contribution in [0.3, 0.4) is 0 Å². The van der Waals surface area contributed by atoms with Crippen LogP contribution in [-0.2, 0) is 0 Å². The molecule has 2 aliphatic rings. The SMILES string of the molecule is N#Cc1ccc(C(=O)N2CCCC3CNCC32)nc1. The minimum absolute atomic E-state index is 0.0112. The Kier molecular flexibility index (Phi) is 3.18. The summed E-state index contributed by atoms with van der Waals surface area (Å²) in [6, 6.07) is 5.61. The molecule has 5 nitrogen and oxygen atoms in total. The predicted molar refractivity (Wildman–Crippen MR) is 69.4 cm³/mol. The lowest BCUT2D eigenvalue weighted by molar-refractivity contribution is 0.0569. The zero-order valence-corrected chi connectivity index (χ0v) is 10.7. The van der Waals surface area contributed by atoms with E-state index in [0.29, 0.717) is 23.2 Å². The molecule has 2 unspecified atom stereocenters. The Balaban J connectivity index is 1.80. The summed E-state index contributed by atoms with van der Waals surface area (Å²) in [7, 11) is 0. The molecule has 0 aliphatic carbocycles. The fourth-order valence-electron chi connectivity index (χ4n) is 3.05. The fourth-order valence-corrected chi connectivity index (χ4v) is 3.05. The summed E-state index contributed by atoms with van der Waals surface area (Å²) in [6.45, 7) is 2.70. The van der Waals surface area contributed by atoms with Gasteiger partial charge in [0.15, 0.2) is 0 Å². The first-order chi connectivity index (χ1) is 9.29. The molecule has 2 saturated heterocycles. The maximum absolute atomic E-state index is 12.5. The van der Waals surface area contributed by atoms with Gasteiger partial charge in [-0.25, -0.2) is 4.98 Å². The third-order valence-electron chi connectivity index (χ3n) is 4.05. The number of hydrogen-bond acceptors (Lipinski definition) is 4. The number of carbonyl (C=O) groups is 1. The number of pyridine rings is 1. The normalized spacial score (nSPS) is 25.7. The van der Waals surface area contributed by atoms with Crippen molar-refractivity contribution in [1.82, 2.24) is 15.2 Å². The molecule has 1 aromatic rings. The third-order valence-corrected chi connectivity index (χ3v) is 4.05. The molecule has 1 amide bonds. The lowest BCUT2D eigenvalue weighted by Crippen LogP contribution is -2.48. The lowest BCUT2D eigenvalue weighted by Gasteiger charge is -2.36. The van der Waals surface area contributed by atoms with Crippen LogP contribution in [0.15, 0.2) is 18.3 Å². The van der Waals surface area contributed by atoms with E-state index in [1.54, 1.807) is 12.1 Å². The van der Waals surface area contributed by atoms with Crippen LogP contribution < -0.4 is 5.32 Å². The van der Waals surface area contributed by atoms with Crippen molar-refractivity contribution >= 4 is 5.91 Å². The van der Waals surface area contributed by atoms with Gasteiger partial charge in [0.2, 0.25) is 0 Å². The highest BCUT2D eigenvalue weighted by atomic mass is 16.2.